The van der Waals surface area contributed by atoms with Gasteiger partial charge in [-0.1, -0.05) is 42.5 Å². The van der Waals surface area contributed by atoms with Crippen molar-refractivity contribution in [1.29, 1.82) is 0 Å². The third-order valence-corrected chi connectivity index (χ3v) is 3.64. The molecule has 23 heavy (non-hydrogen) atoms. The second-order valence-electron chi connectivity index (χ2n) is 5.69. The number of fused-ring (bicyclic) bond motifs is 1. The number of aromatic amines is 1. The van der Waals surface area contributed by atoms with Gasteiger partial charge in [-0.2, -0.15) is 5.10 Å². The molecule has 5 heteroatoms. The van der Waals surface area contributed by atoms with E-state index in [1.54, 1.807) is 13.0 Å². The summed E-state index contributed by atoms with van der Waals surface area (Å²) in [6.07, 6.45) is 0.321. The lowest BCUT2D eigenvalue weighted by molar-refractivity contribution is -0.115. The summed E-state index contributed by atoms with van der Waals surface area (Å²) >= 11 is 0. The number of amides is 1. The highest BCUT2D eigenvalue weighted by Gasteiger charge is 2.10. The first-order valence-corrected chi connectivity index (χ1v) is 7.60. The number of aliphatic hydroxyl groups is 1. The van der Waals surface area contributed by atoms with Crippen molar-refractivity contribution >= 4 is 22.5 Å². The lowest BCUT2D eigenvalue weighted by atomic mass is 10.0. The normalized spacial score (nSPS) is 12.3. The van der Waals surface area contributed by atoms with Gasteiger partial charge in [-0.05, 0) is 23.3 Å². The average molecular weight is 309 g/mol. The Kier molecular flexibility index (Phi) is 4.39. The fraction of sp³-hybridized carbons (Fsp3) is 0.222. The predicted molar refractivity (Wildman–Crippen MR) is 90.3 cm³/mol. The second-order valence-corrected chi connectivity index (χ2v) is 5.69. The van der Waals surface area contributed by atoms with Gasteiger partial charge in [0.1, 0.15) is 0 Å². The highest BCUT2D eigenvalue weighted by molar-refractivity contribution is 5.95. The molecule has 0 spiro atoms. The lowest BCUT2D eigenvalue weighted by Crippen LogP contribution is -2.14. The van der Waals surface area contributed by atoms with Gasteiger partial charge in [0.25, 0.3) is 0 Å². The van der Waals surface area contributed by atoms with Crippen LogP contribution >= 0.6 is 0 Å². The van der Waals surface area contributed by atoms with Gasteiger partial charge >= 0.3 is 0 Å². The van der Waals surface area contributed by atoms with Crippen LogP contribution in [0.1, 0.15) is 18.2 Å². The third-order valence-electron chi connectivity index (χ3n) is 3.64. The standard InChI is InChI=1S/C18H19N3O2/c1-12(22)9-15-11-17(21-20-15)19-18(23)10-14-7-4-6-13-5-2-3-8-16(13)14/h2-8,11-12,22H,9-10H2,1H3,(H2,19,20,21,23). The van der Waals surface area contributed by atoms with E-state index in [4.69, 9.17) is 0 Å². The number of benzene rings is 2. The molecule has 1 unspecified atom stereocenters. The number of anilines is 1. The Labute approximate surface area is 134 Å². The summed E-state index contributed by atoms with van der Waals surface area (Å²) in [5, 5.41) is 21.2. The first kappa shape index (κ1) is 15.2. The molecule has 2 aromatic carbocycles. The molecule has 0 radical (unpaired) electrons. The van der Waals surface area contributed by atoms with Crippen LogP contribution in [-0.2, 0) is 17.6 Å². The van der Waals surface area contributed by atoms with Gasteiger partial charge in [-0.3, -0.25) is 9.89 Å². The molecule has 3 aromatic rings. The predicted octanol–water partition coefficient (Wildman–Crippen LogP) is 2.67. The minimum absolute atomic E-state index is 0.114. The second kappa shape index (κ2) is 6.62. The maximum Gasteiger partial charge on any atom is 0.230 e. The van der Waals surface area contributed by atoms with Gasteiger partial charge in [-0.15, -0.1) is 0 Å². The van der Waals surface area contributed by atoms with E-state index in [1.165, 1.54) is 0 Å². The molecule has 0 aliphatic rings. The van der Waals surface area contributed by atoms with Gasteiger partial charge in [0.15, 0.2) is 5.82 Å². The Morgan fingerprint density at radius 3 is 2.87 bits per heavy atom. The number of hydrogen-bond acceptors (Lipinski definition) is 3. The Hall–Kier alpha value is -2.66. The largest absolute Gasteiger partial charge is 0.393 e. The van der Waals surface area contributed by atoms with Gasteiger partial charge in [0, 0.05) is 18.2 Å². The first-order valence-electron chi connectivity index (χ1n) is 7.60. The summed E-state index contributed by atoms with van der Waals surface area (Å²) in [7, 11) is 0. The van der Waals surface area contributed by atoms with Crippen LogP contribution in [0.2, 0.25) is 0 Å². The van der Waals surface area contributed by atoms with Crippen LogP contribution in [-0.4, -0.2) is 27.3 Å². The zero-order chi connectivity index (χ0) is 16.2. The van der Waals surface area contributed by atoms with Crippen molar-refractivity contribution < 1.29 is 9.90 Å². The highest BCUT2D eigenvalue weighted by Crippen LogP contribution is 2.19. The molecule has 1 aromatic heterocycles. The molecule has 3 N–H and O–H groups in total. The van der Waals surface area contributed by atoms with E-state index in [1.807, 2.05) is 42.5 Å². The van der Waals surface area contributed by atoms with E-state index in [0.29, 0.717) is 18.7 Å². The summed E-state index contributed by atoms with van der Waals surface area (Å²) in [6, 6.07) is 15.7. The molecule has 0 saturated carbocycles. The van der Waals surface area contributed by atoms with E-state index in [0.717, 1.165) is 22.0 Å². The van der Waals surface area contributed by atoms with Crippen molar-refractivity contribution in [3.8, 4) is 0 Å². The highest BCUT2D eigenvalue weighted by atomic mass is 16.3. The van der Waals surface area contributed by atoms with Crippen molar-refractivity contribution in [1.82, 2.24) is 10.2 Å². The fourth-order valence-electron chi connectivity index (χ4n) is 2.66. The number of H-pyrrole nitrogens is 1. The molecular weight excluding hydrogens is 290 g/mol. The zero-order valence-electron chi connectivity index (χ0n) is 12.9. The molecule has 118 valence electrons. The van der Waals surface area contributed by atoms with Crippen LogP contribution < -0.4 is 5.32 Å². The Balaban J connectivity index is 1.70. The summed E-state index contributed by atoms with van der Waals surface area (Å²) in [5.41, 5.74) is 1.78. The summed E-state index contributed by atoms with van der Waals surface area (Å²) < 4.78 is 0. The van der Waals surface area contributed by atoms with Crippen LogP contribution in [0.25, 0.3) is 10.8 Å². The molecule has 0 fully saturated rings. The molecule has 1 atom stereocenters. The van der Waals surface area contributed by atoms with E-state index < -0.39 is 6.10 Å². The van der Waals surface area contributed by atoms with Crippen LogP contribution in [0.5, 0.6) is 0 Å². The quantitative estimate of drug-likeness (QED) is 0.678. The maximum absolute atomic E-state index is 12.2. The molecule has 0 aliphatic heterocycles. The fourth-order valence-corrected chi connectivity index (χ4v) is 2.66. The minimum Gasteiger partial charge on any atom is -0.393 e. The van der Waals surface area contributed by atoms with E-state index in [2.05, 4.69) is 15.5 Å². The molecule has 3 rings (SSSR count). The molecule has 1 heterocycles. The van der Waals surface area contributed by atoms with E-state index in [9.17, 15) is 9.90 Å². The SMILES string of the molecule is CC(O)Cc1cc(NC(=O)Cc2cccc3ccccc23)n[nH]1. The third kappa shape index (κ3) is 3.76. The molecule has 0 bridgehead atoms. The van der Waals surface area contributed by atoms with Crippen LogP contribution in [0, 0.1) is 0 Å². The monoisotopic (exact) mass is 309 g/mol. The first-order chi connectivity index (χ1) is 11.1. The summed E-state index contributed by atoms with van der Waals surface area (Å²) in [5.74, 6) is 0.363. The Morgan fingerprint density at radius 2 is 2.04 bits per heavy atom. The topological polar surface area (TPSA) is 78.0 Å². The van der Waals surface area contributed by atoms with Crippen LogP contribution in [0.3, 0.4) is 0 Å². The number of nitrogens with one attached hydrogen (secondary N) is 2. The van der Waals surface area contributed by atoms with Crippen molar-refractivity contribution in [2.45, 2.75) is 25.9 Å². The van der Waals surface area contributed by atoms with Crippen LogP contribution in [0.4, 0.5) is 5.82 Å². The number of carbonyl (C=O) groups excluding carboxylic acids is 1. The van der Waals surface area contributed by atoms with Gasteiger partial charge < -0.3 is 10.4 Å². The summed E-state index contributed by atoms with van der Waals surface area (Å²) in [4.78, 5) is 12.2. The number of nitrogens with zero attached hydrogens (tertiary/aromatic N) is 1. The van der Waals surface area contributed by atoms with Gasteiger partial charge in [-0.25, -0.2) is 0 Å². The minimum atomic E-state index is -0.449. The average Bonchev–Trinajstić information content (AvgIpc) is 2.93. The number of rotatable bonds is 5. The Bertz CT molecular complexity index is 819. The molecule has 1 amide bonds. The van der Waals surface area contributed by atoms with Crippen molar-refractivity contribution in [3.05, 3.63) is 59.8 Å². The van der Waals surface area contributed by atoms with Gasteiger partial charge in [0.2, 0.25) is 5.91 Å². The number of aliphatic hydroxyl groups excluding tert-OH is 1. The van der Waals surface area contributed by atoms with Crippen molar-refractivity contribution in [2.75, 3.05) is 5.32 Å². The number of hydrogen-bond donors (Lipinski definition) is 3. The molecule has 0 saturated heterocycles. The molecule has 0 aliphatic carbocycles. The Morgan fingerprint density at radius 1 is 1.26 bits per heavy atom. The number of aromatic nitrogens is 2. The van der Waals surface area contributed by atoms with Crippen molar-refractivity contribution in [2.24, 2.45) is 0 Å². The van der Waals surface area contributed by atoms with Crippen LogP contribution in [0.15, 0.2) is 48.5 Å². The van der Waals surface area contributed by atoms with E-state index in [-0.39, 0.29) is 5.91 Å². The van der Waals surface area contributed by atoms with Crippen molar-refractivity contribution in [3.63, 3.8) is 0 Å². The van der Waals surface area contributed by atoms with Gasteiger partial charge in [0.05, 0.1) is 12.5 Å². The maximum atomic E-state index is 12.2. The number of carbonyl (C=O) groups is 1. The zero-order valence-corrected chi connectivity index (χ0v) is 12.9. The molecular formula is C18H19N3O2. The van der Waals surface area contributed by atoms with E-state index >= 15 is 0 Å². The summed E-state index contributed by atoms with van der Waals surface area (Å²) in [6.45, 7) is 1.71. The molecule has 5 nitrogen and oxygen atoms in total. The lowest BCUT2D eigenvalue weighted by Gasteiger charge is -2.06. The smallest absolute Gasteiger partial charge is 0.230 e.